The van der Waals surface area contributed by atoms with Crippen LogP contribution in [0.15, 0.2) is 48.8 Å². The number of hydrogen-bond acceptors (Lipinski definition) is 3. The Morgan fingerprint density at radius 3 is 2.42 bits per heavy atom. The van der Waals surface area contributed by atoms with Crippen LogP contribution in [-0.2, 0) is 0 Å². The van der Waals surface area contributed by atoms with Gasteiger partial charge in [-0.25, -0.2) is 4.98 Å². The average Bonchev–Trinajstić information content (AvgIpc) is 2.81. The Bertz CT molecular complexity index is 720. The zero-order chi connectivity index (χ0) is 13.4. The van der Waals surface area contributed by atoms with Gasteiger partial charge in [-0.2, -0.15) is 0 Å². The quantitative estimate of drug-likeness (QED) is 0.668. The zero-order valence-corrected chi connectivity index (χ0v) is 10.5. The van der Waals surface area contributed by atoms with Gasteiger partial charge in [-0.3, -0.25) is 0 Å². The Morgan fingerprint density at radius 2 is 1.74 bits per heavy atom. The SMILES string of the molecule is Cc1ccc2nc(-c3ccc(B(O)O)cc3)cn2c1. The topological polar surface area (TPSA) is 57.8 Å². The molecule has 0 spiro atoms. The number of aromatic nitrogens is 2. The predicted octanol–water partition coefficient (Wildman–Crippen LogP) is 0.990. The Balaban J connectivity index is 2.03. The van der Waals surface area contributed by atoms with Crippen molar-refractivity contribution in [3.63, 3.8) is 0 Å². The molecule has 94 valence electrons. The lowest BCUT2D eigenvalue weighted by atomic mass is 9.80. The number of hydrogen-bond donors (Lipinski definition) is 2. The molecule has 0 bridgehead atoms. The lowest BCUT2D eigenvalue weighted by Crippen LogP contribution is -2.29. The van der Waals surface area contributed by atoms with Crippen LogP contribution < -0.4 is 5.46 Å². The maximum Gasteiger partial charge on any atom is 0.488 e. The molecule has 2 aromatic heterocycles. The minimum Gasteiger partial charge on any atom is -0.423 e. The Hall–Kier alpha value is -2.11. The normalized spacial score (nSPS) is 10.9. The summed E-state index contributed by atoms with van der Waals surface area (Å²) in [7, 11) is -1.43. The summed E-state index contributed by atoms with van der Waals surface area (Å²) in [6, 6.07) is 11.1. The van der Waals surface area contributed by atoms with Crippen LogP contribution in [-0.4, -0.2) is 26.6 Å². The fourth-order valence-electron chi connectivity index (χ4n) is 2.07. The van der Waals surface area contributed by atoms with Crippen LogP contribution in [0.4, 0.5) is 0 Å². The van der Waals surface area contributed by atoms with Gasteiger partial charge in [0.05, 0.1) is 5.69 Å². The first-order valence-corrected chi connectivity index (χ1v) is 6.05. The summed E-state index contributed by atoms with van der Waals surface area (Å²) in [5.41, 5.74) is 4.36. The highest BCUT2D eigenvalue weighted by Crippen LogP contribution is 2.18. The van der Waals surface area contributed by atoms with Crippen LogP contribution >= 0.6 is 0 Å². The van der Waals surface area contributed by atoms with Gasteiger partial charge in [0, 0.05) is 18.0 Å². The van der Waals surface area contributed by atoms with Crippen LogP contribution in [0, 0.1) is 6.92 Å². The minimum atomic E-state index is -1.43. The molecule has 0 aliphatic heterocycles. The van der Waals surface area contributed by atoms with E-state index in [1.807, 2.05) is 48.0 Å². The van der Waals surface area contributed by atoms with Crippen molar-refractivity contribution in [3.8, 4) is 11.3 Å². The maximum atomic E-state index is 9.07. The molecular weight excluding hydrogens is 239 g/mol. The summed E-state index contributed by atoms with van der Waals surface area (Å²) in [5.74, 6) is 0. The highest BCUT2D eigenvalue weighted by Gasteiger charge is 2.11. The molecule has 3 rings (SSSR count). The maximum absolute atomic E-state index is 9.07. The number of aryl methyl sites for hydroxylation is 1. The summed E-state index contributed by atoms with van der Waals surface area (Å²) in [5, 5.41) is 18.1. The highest BCUT2D eigenvalue weighted by molar-refractivity contribution is 6.58. The largest absolute Gasteiger partial charge is 0.488 e. The van der Waals surface area contributed by atoms with E-state index in [9.17, 15) is 0 Å². The second-order valence-corrected chi connectivity index (χ2v) is 4.59. The van der Waals surface area contributed by atoms with Crippen LogP contribution in [0.1, 0.15) is 5.56 Å². The molecule has 0 atom stereocenters. The number of pyridine rings is 1. The number of rotatable bonds is 2. The molecule has 2 N–H and O–H groups in total. The summed E-state index contributed by atoms with van der Waals surface area (Å²) >= 11 is 0. The van der Waals surface area contributed by atoms with Gasteiger partial charge >= 0.3 is 7.12 Å². The van der Waals surface area contributed by atoms with Crippen molar-refractivity contribution in [2.24, 2.45) is 0 Å². The van der Waals surface area contributed by atoms with E-state index in [1.54, 1.807) is 12.1 Å². The summed E-state index contributed by atoms with van der Waals surface area (Å²) < 4.78 is 1.99. The third kappa shape index (κ3) is 2.25. The van der Waals surface area contributed by atoms with Gasteiger partial charge in [0.15, 0.2) is 0 Å². The van der Waals surface area contributed by atoms with Crippen molar-refractivity contribution in [1.29, 1.82) is 0 Å². The van der Waals surface area contributed by atoms with E-state index in [0.717, 1.165) is 16.9 Å². The zero-order valence-electron chi connectivity index (χ0n) is 10.5. The van der Waals surface area contributed by atoms with Gasteiger partial charge in [-0.15, -0.1) is 0 Å². The lowest BCUT2D eigenvalue weighted by molar-refractivity contribution is 0.426. The van der Waals surface area contributed by atoms with E-state index >= 15 is 0 Å². The van der Waals surface area contributed by atoms with Gasteiger partial charge in [-0.05, 0) is 24.0 Å². The molecule has 19 heavy (non-hydrogen) atoms. The van der Waals surface area contributed by atoms with Crippen molar-refractivity contribution in [3.05, 3.63) is 54.4 Å². The first-order valence-electron chi connectivity index (χ1n) is 6.05. The smallest absolute Gasteiger partial charge is 0.423 e. The molecule has 0 aliphatic carbocycles. The third-order valence-corrected chi connectivity index (χ3v) is 3.10. The molecular formula is C14H13BN2O2. The molecule has 0 saturated heterocycles. The van der Waals surface area contributed by atoms with Gasteiger partial charge in [0.2, 0.25) is 0 Å². The number of nitrogens with zero attached hydrogens (tertiary/aromatic N) is 2. The Labute approximate surface area is 111 Å². The van der Waals surface area contributed by atoms with E-state index in [4.69, 9.17) is 10.0 Å². The highest BCUT2D eigenvalue weighted by atomic mass is 16.4. The summed E-state index contributed by atoms with van der Waals surface area (Å²) in [6.07, 6.45) is 3.99. The monoisotopic (exact) mass is 252 g/mol. The van der Waals surface area contributed by atoms with Crippen molar-refractivity contribution < 1.29 is 10.0 Å². The molecule has 0 radical (unpaired) electrons. The molecule has 0 saturated carbocycles. The first kappa shape index (κ1) is 12.0. The van der Waals surface area contributed by atoms with E-state index in [-0.39, 0.29) is 0 Å². The number of benzene rings is 1. The van der Waals surface area contributed by atoms with Crippen LogP contribution in [0.3, 0.4) is 0 Å². The molecule has 1 aromatic carbocycles. The number of fused-ring (bicyclic) bond motifs is 1. The van der Waals surface area contributed by atoms with Crippen molar-refractivity contribution >= 4 is 18.2 Å². The fourth-order valence-corrected chi connectivity index (χ4v) is 2.07. The Morgan fingerprint density at radius 1 is 1.00 bits per heavy atom. The van der Waals surface area contributed by atoms with Crippen LogP contribution in [0.2, 0.25) is 0 Å². The predicted molar refractivity (Wildman–Crippen MR) is 75.2 cm³/mol. The van der Waals surface area contributed by atoms with Crippen LogP contribution in [0.25, 0.3) is 16.9 Å². The van der Waals surface area contributed by atoms with E-state index in [2.05, 4.69) is 4.98 Å². The van der Waals surface area contributed by atoms with Crippen molar-refractivity contribution in [1.82, 2.24) is 9.38 Å². The molecule has 2 heterocycles. The minimum absolute atomic E-state index is 0.475. The molecule has 3 aromatic rings. The molecule has 5 heteroatoms. The Kier molecular flexibility index (Phi) is 2.85. The molecule has 0 fully saturated rings. The third-order valence-electron chi connectivity index (χ3n) is 3.10. The average molecular weight is 252 g/mol. The lowest BCUT2D eigenvalue weighted by Gasteiger charge is -2.00. The summed E-state index contributed by atoms with van der Waals surface area (Å²) in [6.45, 7) is 2.04. The van der Waals surface area contributed by atoms with Gasteiger partial charge in [0.25, 0.3) is 0 Å². The van der Waals surface area contributed by atoms with Crippen molar-refractivity contribution in [2.45, 2.75) is 6.92 Å². The summed E-state index contributed by atoms with van der Waals surface area (Å²) in [4.78, 5) is 4.54. The standard InChI is InChI=1S/C14H13BN2O2/c1-10-2-7-14-16-13(9-17(14)8-10)11-3-5-12(6-4-11)15(18)19/h2-9,18-19H,1H3. The van der Waals surface area contributed by atoms with Gasteiger partial charge < -0.3 is 14.4 Å². The van der Waals surface area contributed by atoms with E-state index in [1.165, 1.54) is 5.56 Å². The molecule has 0 aliphatic rings. The van der Waals surface area contributed by atoms with E-state index in [0.29, 0.717) is 5.46 Å². The fraction of sp³-hybridized carbons (Fsp3) is 0.0714. The second-order valence-electron chi connectivity index (χ2n) is 4.59. The van der Waals surface area contributed by atoms with Gasteiger partial charge in [0.1, 0.15) is 5.65 Å². The first-order chi connectivity index (χ1) is 9.13. The molecule has 0 amide bonds. The molecule has 0 unspecified atom stereocenters. The van der Waals surface area contributed by atoms with Crippen molar-refractivity contribution in [2.75, 3.05) is 0 Å². The number of imidazole rings is 1. The second kappa shape index (κ2) is 4.53. The van der Waals surface area contributed by atoms with E-state index < -0.39 is 7.12 Å². The van der Waals surface area contributed by atoms with Gasteiger partial charge in [-0.1, -0.05) is 30.3 Å². The van der Waals surface area contributed by atoms with Crippen LogP contribution in [0.5, 0.6) is 0 Å². The molecule has 4 nitrogen and oxygen atoms in total.